The smallest absolute Gasteiger partial charge is 0.387 e. The lowest BCUT2D eigenvalue weighted by Gasteiger charge is -2.32. The van der Waals surface area contributed by atoms with Gasteiger partial charge in [0.05, 0.1) is 0 Å². The van der Waals surface area contributed by atoms with Gasteiger partial charge in [-0.25, -0.2) is 0 Å². The molecule has 0 aromatic heterocycles. The third kappa shape index (κ3) is 6.65. The monoisotopic (exact) mass is 500 g/mol. The van der Waals surface area contributed by atoms with Crippen LogP contribution in [0.1, 0.15) is 34.3 Å². The molecule has 30 heavy (non-hydrogen) atoms. The minimum Gasteiger partial charge on any atom is -0.435 e. The zero-order valence-corrected chi connectivity index (χ0v) is 18.8. The van der Waals surface area contributed by atoms with Crippen molar-refractivity contribution in [2.45, 2.75) is 32.3 Å². The molecule has 0 spiro atoms. The van der Waals surface area contributed by atoms with Gasteiger partial charge in [0, 0.05) is 21.6 Å². The van der Waals surface area contributed by atoms with E-state index in [1.807, 2.05) is 6.07 Å². The lowest BCUT2D eigenvalue weighted by molar-refractivity contribution is -0.0499. The van der Waals surface area contributed by atoms with Crippen molar-refractivity contribution in [2.75, 3.05) is 19.6 Å². The van der Waals surface area contributed by atoms with Crippen LogP contribution < -0.4 is 10.5 Å². The highest BCUT2D eigenvalue weighted by atomic mass is 79.9. The van der Waals surface area contributed by atoms with Gasteiger partial charge in [0.15, 0.2) is 0 Å². The standard InChI is InChI=1S/C22H24BrClF2N2O2/c23-20-2-1-19(30-22(25)26)13-16(20)9-14-3-6-28(7-4-14)8-5-15-10-17(21(27)29)12-18(24)11-15/h1-2,10-14,22H,3-9H2,(H2,27,29). The first-order valence-electron chi connectivity index (χ1n) is 9.85. The second kappa shape index (κ2) is 10.6. The lowest BCUT2D eigenvalue weighted by atomic mass is 9.90. The van der Waals surface area contributed by atoms with Gasteiger partial charge in [-0.3, -0.25) is 4.79 Å². The van der Waals surface area contributed by atoms with Crippen LogP contribution in [0.4, 0.5) is 8.78 Å². The number of likely N-dealkylation sites (tertiary alicyclic amines) is 1. The summed E-state index contributed by atoms with van der Waals surface area (Å²) in [4.78, 5) is 13.8. The van der Waals surface area contributed by atoms with Crippen molar-refractivity contribution in [2.24, 2.45) is 11.7 Å². The fraction of sp³-hybridized carbons (Fsp3) is 0.409. The zero-order chi connectivity index (χ0) is 21.7. The predicted molar refractivity (Wildman–Crippen MR) is 117 cm³/mol. The van der Waals surface area contributed by atoms with Crippen molar-refractivity contribution in [1.29, 1.82) is 0 Å². The Morgan fingerprint density at radius 3 is 2.63 bits per heavy atom. The van der Waals surface area contributed by atoms with E-state index in [0.717, 1.165) is 60.9 Å². The number of nitrogens with two attached hydrogens (primary N) is 1. The highest BCUT2D eigenvalue weighted by Crippen LogP contribution is 2.29. The fourth-order valence-electron chi connectivity index (χ4n) is 3.83. The first kappa shape index (κ1) is 23.0. The Labute approximate surface area is 188 Å². The van der Waals surface area contributed by atoms with Crippen LogP contribution >= 0.6 is 27.5 Å². The summed E-state index contributed by atoms with van der Waals surface area (Å²) in [6.45, 7) is 0.00490. The van der Waals surface area contributed by atoms with Gasteiger partial charge in [-0.05, 0) is 92.2 Å². The molecule has 1 aliphatic rings. The molecule has 2 aromatic carbocycles. The molecular weight excluding hydrogens is 478 g/mol. The van der Waals surface area contributed by atoms with Crippen LogP contribution in [0.5, 0.6) is 5.75 Å². The molecule has 0 atom stereocenters. The van der Waals surface area contributed by atoms with Crippen molar-refractivity contribution in [3.05, 3.63) is 62.6 Å². The highest BCUT2D eigenvalue weighted by molar-refractivity contribution is 9.10. The zero-order valence-electron chi connectivity index (χ0n) is 16.4. The van der Waals surface area contributed by atoms with Gasteiger partial charge >= 0.3 is 6.61 Å². The van der Waals surface area contributed by atoms with Crippen molar-refractivity contribution < 1.29 is 18.3 Å². The molecule has 1 aliphatic heterocycles. The Hall–Kier alpha value is -1.70. The van der Waals surface area contributed by atoms with E-state index in [9.17, 15) is 13.6 Å². The first-order chi connectivity index (χ1) is 14.3. The van der Waals surface area contributed by atoms with Gasteiger partial charge in [0.25, 0.3) is 0 Å². The summed E-state index contributed by atoms with van der Waals surface area (Å²) in [7, 11) is 0. The topological polar surface area (TPSA) is 55.6 Å². The van der Waals surface area contributed by atoms with Crippen LogP contribution in [-0.2, 0) is 12.8 Å². The molecule has 8 heteroatoms. The van der Waals surface area contributed by atoms with Crippen LogP contribution in [0.2, 0.25) is 5.02 Å². The van der Waals surface area contributed by atoms with Crippen molar-refractivity contribution in [1.82, 2.24) is 4.90 Å². The van der Waals surface area contributed by atoms with Gasteiger partial charge in [-0.2, -0.15) is 8.78 Å². The maximum Gasteiger partial charge on any atom is 0.387 e. The second-order valence-electron chi connectivity index (χ2n) is 7.58. The Balaban J connectivity index is 1.50. The van der Waals surface area contributed by atoms with Gasteiger partial charge in [0.1, 0.15) is 5.75 Å². The quantitative estimate of drug-likeness (QED) is 0.534. The summed E-state index contributed by atoms with van der Waals surface area (Å²) >= 11 is 9.60. The maximum absolute atomic E-state index is 12.5. The first-order valence-corrected chi connectivity index (χ1v) is 11.0. The molecule has 0 saturated carbocycles. The van der Waals surface area contributed by atoms with E-state index in [-0.39, 0.29) is 5.75 Å². The third-order valence-corrected chi connectivity index (χ3v) is 6.41. The number of halogens is 4. The molecule has 1 amide bonds. The number of carbonyl (C=O) groups is 1. The maximum atomic E-state index is 12.5. The fourth-order valence-corrected chi connectivity index (χ4v) is 4.50. The molecule has 1 heterocycles. The number of hydrogen-bond donors (Lipinski definition) is 1. The van der Waals surface area contributed by atoms with Crippen LogP contribution in [0.15, 0.2) is 40.9 Å². The van der Waals surface area contributed by atoms with Crippen molar-refractivity contribution in [3.63, 3.8) is 0 Å². The van der Waals surface area contributed by atoms with E-state index in [1.54, 1.807) is 30.3 Å². The van der Waals surface area contributed by atoms with Crippen molar-refractivity contribution in [3.8, 4) is 5.75 Å². The lowest BCUT2D eigenvalue weighted by Crippen LogP contribution is -2.35. The van der Waals surface area contributed by atoms with E-state index in [0.29, 0.717) is 16.5 Å². The van der Waals surface area contributed by atoms with E-state index >= 15 is 0 Å². The number of carbonyl (C=O) groups excluding carboxylic acids is 1. The average Bonchev–Trinajstić information content (AvgIpc) is 2.69. The highest BCUT2D eigenvalue weighted by Gasteiger charge is 2.21. The Morgan fingerprint density at radius 1 is 1.23 bits per heavy atom. The number of amides is 1. The van der Waals surface area contributed by atoms with E-state index in [4.69, 9.17) is 17.3 Å². The third-order valence-electron chi connectivity index (χ3n) is 5.42. The summed E-state index contributed by atoms with van der Waals surface area (Å²) in [6, 6.07) is 10.2. The molecule has 2 aromatic rings. The molecule has 1 saturated heterocycles. The molecule has 0 aliphatic carbocycles. The summed E-state index contributed by atoms with van der Waals surface area (Å²) < 4.78 is 30.4. The molecule has 3 rings (SSSR count). The van der Waals surface area contributed by atoms with Crippen LogP contribution in [0, 0.1) is 5.92 Å². The molecule has 162 valence electrons. The summed E-state index contributed by atoms with van der Waals surface area (Å²) in [5, 5.41) is 0.517. The van der Waals surface area contributed by atoms with Crippen LogP contribution in [0.3, 0.4) is 0 Å². The summed E-state index contributed by atoms with van der Waals surface area (Å²) in [6.07, 6.45) is 3.69. The molecule has 0 unspecified atom stereocenters. The number of piperidine rings is 1. The van der Waals surface area contributed by atoms with E-state index < -0.39 is 12.5 Å². The number of nitrogens with zero attached hydrogens (tertiary/aromatic N) is 1. The summed E-state index contributed by atoms with van der Waals surface area (Å²) in [5.41, 5.74) is 7.78. The minimum atomic E-state index is -2.82. The van der Waals surface area contributed by atoms with Gasteiger partial charge in [-0.1, -0.05) is 27.5 Å². The summed E-state index contributed by atoms with van der Waals surface area (Å²) in [5.74, 6) is 0.207. The normalized spacial score (nSPS) is 15.5. The Morgan fingerprint density at radius 2 is 1.97 bits per heavy atom. The van der Waals surface area contributed by atoms with E-state index in [1.165, 1.54) is 0 Å². The second-order valence-corrected chi connectivity index (χ2v) is 8.87. The number of alkyl halides is 2. The largest absolute Gasteiger partial charge is 0.435 e. The number of primary amides is 1. The molecule has 4 nitrogen and oxygen atoms in total. The van der Waals surface area contributed by atoms with Crippen LogP contribution in [-0.4, -0.2) is 37.1 Å². The molecule has 2 N–H and O–H groups in total. The Bertz CT molecular complexity index is 889. The van der Waals surface area contributed by atoms with Crippen LogP contribution in [0.25, 0.3) is 0 Å². The number of rotatable bonds is 8. The van der Waals surface area contributed by atoms with Gasteiger partial charge in [0.2, 0.25) is 5.91 Å². The Kier molecular flexibility index (Phi) is 8.08. The molecule has 0 bridgehead atoms. The number of ether oxygens (including phenoxy) is 1. The average molecular weight is 502 g/mol. The van der Waals surface area contributed by atoms with Gasteiger partial charge in [-0.15, -0.1) is 0 Å². The SMILES string of the molecule is NC(=O)c1cc(Cl)cc(CCN2CCC(Cc3cc(OC(F)F)ccc3Br)CC2)c1. The van der Waals surface area contributed by atoms with Gasteiger partial charge < -0.3 is 15.4 Å². The molecule has 1 fully saturated rings. The molecular formula is C22H24BrClF2N2O2. The van der Waals surface area contributed by atoms with Crippen molar-refractivity contribution >= 4 is 33.4 Å². The number of benzene rings is 2. The predicted octanol–water partition coefficient (Wildman–Crippen LogP) is 5.30. The molecule has 0 radical (unpaired) electrons. The number of hydrogen-bond acceptors (Lipinski definition) is 3. The van der Waals surface area contributed by atoms with E-state index in [2.05, 4.69) is 25.6 Å². The minimum absolute atomic E-state index is 0.192.